The minimum atomic E-state index is 0.309. The van der Waals surface area contributed by atoms with E-state index in [0.717, 1.165) is 10.9 Å². The fraction of sp³-hybridized carbons (Fsp3) is 0.111. The Morgan fingerprint density at radius 3 is 2.35 bits per heavy atom. The maximum atomic E-state index is 3.83. The molecule has 0 aromatic heterocycles. The van der Waals surface area contributed by atoms with Crippen molar-refractivity contribution in [3.05, 3.63) is 82.3 Å². The van der Waals surface area contributed by atoms with Gasteiger partial charge >= 0.3 is 0 Å². The van der Waals surface area contributed by atoms with E-state index in [-0.39, 0.29) is 0 Å². The van der Waals surface area contributed by atoms with Crippen LogP contribution in [0.25, 0.3) is 10.8 Å². The van der Waals surface area contributed by atoms with Gasteiger partial charge in [-0.05, 0) is 34.4 Å². The molecule has 3 aromatic rings. The van der Waals surface area contributed by atoms with Crippen molar-refractivity contribution >= 4 is 42.6 Å². The molecule has 0 fully saturated rings. The summed E-state index contributed by atoms with van der Waals surface area (Å²) in [6.07, 6.45) is 0.976. The first-order chi connectivity index (χ1) is 9.75. The van der Waals surface area contributed by atoms with Gasteiger partial charge in [-0.1, -0.05) is 92.5 Å². The Balaban J connectivity index is 1.96. The van der Waals surface area contributed by atoms with Crippen molar-refractivity contribution in [1.29, 1.82) is 0 Å². The van der Waals surface area contributed by atoms with E-state index in [2.05, 4.69) is 92.5 Å². The van der Waals surface area contributed by atoms with Crippen molar-refractivity contribution in [2.75, 3.05) is 0 Å². The first-order valence-corrected chi connectivity index (χ1v) is 8.32. The first kappa shape index (κ1) is 13.8. The maximum Gasteiger partial charge on any atom is 0.0447 e. The Morgan fingerprint density at radius 1 is 0.800 bits per heavy atom. The van der Waals surface area contributed by atoms with Gasteiger partial charge in [0.25, 0.3) is 0 Å². The topological polar surface area (TPSA) is 0 Å². The summed E-state index contributed by atoms with van der Waals surface area (Å²) in [6.45, 7) is 0. The van der Waals surface area contributed by atoms with E-state index in [1.807, 2.05) is 6.07 Å². The van der Waals surface area contributed by atoms with E-state index in [1.165, 1.54) is 21.9 Å². The van der Waals surface area contributed by atoms with Crippen LogP contribution < -0.4 is 0 Å². The second kappa shape index (κ2) is 6.11. The van der Waals surface area contributed by atoms with E-state index < -0.39 is 0 Å². The minimum absolute atomic E-state index is 0.309. The molecule has 20 heavy (non-hydrogen) atoms. The number of fused-ring (bicyclic) bond motifs is 1. The summed E-state index contributed by atoms with van der Waals surface area (Å²) in [5.41, 5.74) is 2.67. The Morgan fingerprint density at radius 2 is 1.50 bits per heavy atom. The molecule has 0 aliphatic rings. The van der Waals surface area contributed by atoms with Crippen LogP contribution in [0.5, 0.6) is 0 Å². The van der Waals surface area contributed by atoms with Crippen LogP contribution in [0.4, 0.5) is 0 Å². The van der Waals surface area contributed by atoms with Gasteiger partial charge in [-0.3, -0.25) is 0 Å². The van der Waals surface area contributed by atoms with Gasteiger partial charge in [-0.25, -0.2) is 0 Å². The highest BCUT2D eigenvalue weighted by molar-refractivity contribution is 9.11. The van der Waals surface area contributed by atoms with E-state index >= 15 is 0 Å². The highest BCUT2D eigenvalue weighted by Crippen LogP contribution is 2.34. The molecule has 2 heteroatoms. The predicted octanol–water partition coefficient (Wildman–Crippen LogP) is 6.28. The fourth-order valence-corrected chi connectivity index (χ4v) is 4.12. The van der Waals surface area contributed by atoms with E-state index in [9.17, 15) is 0 Å². The highest BCUT2D eigenvalue weighted by Gasteiger charge is 2.12. The molecular formula is C18H14Br2. The summed E-state index contributed by atoms with van der Waals surface area (Å²) < 4.78 is 1.15. The number of rotatable bonds is 3. The quantitative estimate of drug-likeness (QED) is 0.462. The molecule has 3 rings (SSSR count). The Hall–Kier alpha value is -1.12. The SMILES string of the molecule is Brc1ccccc1C(Br)Cc1cccc2ccccc12. The summed E-state index contributed by atoms with van der Waals surface area (Å²) in [6, 6.07) is 23.5. The molecule has 0 saturated heterocycles. The van der Waals surface area contributed by atoms with Crippen molar-refractivity contribution in [3.8, 4) is 0 Å². The molecule has 0 bridgehead atoms. The lowest BCUT2D eigenvalue weighted by atomic mass is 9.98. The molecule has 0 nitrogen and oxygen atoms in total. The monoisotopic (exact) mass is 388 g/mol. The largest absolute Gasteiger partial charge is 0.0835 e. The van der Waals surface area contributed by atoms with Crippen LogP contribution in [0.3, 0.4) is 0 Å². The zero-order valence-electron chi connectivity index (χ0n) is 10.9. The zero-order chi connectivity index (χ0) is 13.9. The Labute approximate surface area is 136 Å². The smallest absolute Gasteiger partial charge is 0.0447 e. The molecule has 0 saturated carbocycles. The molecule has 0 amide bonds. The van der Waals surface area contributed by atoms with E-state index in [0.29, 0.717) is 4.83 Å². The van der Waals surface area contributed by atoms with Crippen LogP contribution in [0, 0.1) is 0 Å². The zero-order valence-corrected chi connectivity index (χ0v) is 14.1. The molecule has 1 atom stereocenters. The van der Waals surface area contributed by atoms with Gasteiger partial charge in [0, 0.05) is 9.30 Å². The van der Waals surface area contributed by atoms with E-state index in [1.54, 1.807) is 0 Å². The highest BCUT2D eigenvalue weighted by atomic mass is 79.9. The molecular weight excluding hydrogens is 376 g/mol. The predicted molar refractivity (Wildman–Crippen MR) is 93.5 cm³/mol. The summed E-state index contributed by atoms with van der Waals surface area (Å²) >= 11 is 7.46. The van der Waals surface area contributed by atoms with Crippen molar-refractivity contribution in [1.82, 2.24) is 0 Å². The van der Waals surface area contributed by atoms with E-state index in [4.69, 9.17) is 0 Å². The second-order valence-corrected chi connectivity index (χ2v) is 6.79. The number of benzene rings is 3. The molecule has 0 aliphatic carbocycles. The summed E-state index contributed by atoms with van der Waals surface area (Å²) in [4.78, 5) is 0.309. The number of alkyl halides is 1. The van der Waals surface area contributed by atoms with Crippen LogP contribution in [0.15, 0.2) is 71.2 Å². The number of halogens is 2. The van der Waals surface area contributed by atoms with Crippen LogP contribution in [-0.2, 0) is 6.42 Å². The van der Waals surface area contributed by atoms with Gasteiger partial charge in [0.05, 0.1) is 0 Å². The lowest BCUT2D eigenvalue weighted by Gasteiger charge is -2.14. The normalized spacial score (nSPS) is 12.5. The Bertz CT molecular complexity index is 729. The fourth-order valence-electron chi connectivity index (χ4n) is 2.50. The van der Waals surface area contributed by atoms with Crippen LogP contribution >= 0.6 is 31.9 Å². The van der Waals surface area contributed by atoms with Gasteiger partial charge in [0.15, 0.2) is 0 Å². The minimum Gasteiger partial charge on any atom is -0.0835 e. The van der Waals surface area contributed by atoms with Gasteiger partial charge in [-0.15, -0.1) is 0 Å². The van der Waals surface area contributed by atoms with Gasteiger partial charge < -0.3 is 0 Å². The van der Waals surface area contributed by atoms with Crippen molar-refractivity contribution in [2.24, 2.45) is 0 Å². The first-order valence-electron chi connectivity index (χ1n) is 6.61. The van der Waals surface area contributed by atoms with Gasteiger partial charge in [0.1, 0.15) is 0 Å². The summed E-state index contributed by atoms with van der Waals surface area (Å²) in [5, 5.41) is 2.64. The third-order valence-corrected chi connectivity index (χ3v) is 5.06. The van der Waals surface area contributed by atoms with Crippen molar-refractivity contribution in [3.63, 3.8) is 0 Å². The van der Waals surface area contributed by atoms with Crippen molar-refractivity contribution in [2.45, 2.75) is 11.2 Å². The van der Waals surface area contributed by atoms with Gasteiger partial charge in [-0.2, -0.15) is 0 Å². The summed E-state index contributed by atoms with van der Waals surface area (Å²) in [5.74, 6) is 0. The lowest BCUT2D eigenvalue weighted by molar-refractivity contribution is 0.952. The molecule has 0 radical (unpaired) electrons. The molecule has 1 unspecified atom stereocenters. The van der Waals surface area contributed by atoms with Crippen LogP contribution in [0.1, 0.15) is 16.0 Å². The van der Waals surface area contributed by atoms with Crippen LogP contribution in [0.2, 0.25) is 0 Å². The molecule has 0 aliphatic heterocycles. The molecule has 100 valence electrons. The average molecular weight is 390 g/mol. The molecule has 3 aromatic carbocycles. The van der Waals surface area contributed by atoms with Gasteiger partial charge in [0.2, 0.25) is 0 Å². The third-order valence-electron chi connectivity index (χ3n) is 3.52. The number of hydrogen-bond acceptors (Lipinski definition) is 0. The maximum absolute atomic E-state index is 3.83. The molecule has 0 spiro atoms. The number of hydrogen-bond donors (Lipinski definition) is 0. The molecule has 0 N–H and O–H groups in total. The summed E-state index contributed by atoms with van der Waals surface area (Å²) in [7, 11) is 0. The Kier molecular flexibility index (Phi) is 4.23. The third kappa shape index (κ3) is 2.82. The second-order valence-electron chi connectivity index (χ2n) is 4.83. The standard InChI is InChI=1S/C18H14Br2/c19-17-11-4-3-10-16(17)18(20)12-14-8-5-7-13-6-1-2-9-15(13)14/h1-11,18H,12H2. The lowest BCUT2D eigenvalue weighted by Crippen LogP contribution is -1.97. The average Bonchev–Trinajstić information content (AvgIpc) is 2.48. The van der Waals surface area contributed by atoms with Crippen LogP contribution in [-0.4, -0.2) is 0 Å². The molecule has 0 heterocycles. The van der Waals surface area contributed by atoms with Crippen molar-refractivity contribution < 1.29 is 0 Å².